The molecule has 0 spiro atoms. The second kappa shape index (κ2) is 6.35. The number of halogens is 1. The number of hydrogen-bond donors (Lipinski definition) is 2. The quantitative estimate of drug-likeness (QED) is 0.643. The van der Waals surface area contributed by atoms with Crippen molar-refractivity contribution in [1.82, 2.24) is 4.98 Å². The first-order chi connectivity index (χ1) is 8.78. The van der Waals surface area contributed by atoms with E-state index in [0.717, 1.165) is 16.1 Å². The molecule has 0 saturated carbocycles. The molecule has 0 saturated heterocycles. The third-order valence-corrected chi connectivity index (χ3v) is 2.67. The van der Waals surface area contributed by atoms with E-state index in [4.69, 9.17) is 22.2 Å². The van der Waals surface area contributed by atoms with Crippen LogP contribution in [0.5, 0.6) is 0 Å². The summed E-state index contributed by atoms with van der Waals surface area (Å²) < 4.78 is 5.61. The molecular weight excluding hydrogens is 250 g/mol. The van der Waals surface area contributed by atoms with Gasteiger partial charge in [0.25, 0.3) is 0 Å². The summed E-state index contributed by atoms with van der Waals surface area (Å²) in [5.74, 6) is 5.91. The van der Waals surface area contributed by atoms with Crippen LogP contribution in [0.1, 0.15) is 11.1 Å². The van der Waals surface area contributed by atoms with Crippen molar-refractivity contribution in [2.45, 2.75) is 13.2 Å². The Labute approximate surface area is 111 Å². The minimum Gasteiger partial charge on any atom is -0.372 e. The molecule has 0 radical (unpaired) electrons. The summed E-state index contributed by atoms with van der Waals surface area (Å²) in [6, 6.07) is 11.3. The highest BCUT2D eigenvalue weighted by Crippen LogP contribution is 2.12. The van der Waals surface area contributed by atoms with Gasteiger partial charge >= 0.3 is 0 Å². The number of ether oxygens (including phenoxy) is 1. The van der Waals surface area contributed by atoms with E-state index in [9.17, 15) is 0 Å². The lowest BCUT2D eigenvalue weighted by molar-refractivity contribution is 0.107. The van der Waals surface area contributed by atoms with Crippen molar-refractivity contribution in [2.24, 2.45) is 5.84 Å². The molecule has 2 aromatic rings. The van der Waals surface area contributed by atoms with Gasteiger partial charge in [0.15, 0.2) is 0 Å². The lowest BCUT2D eigenvalue weighted by Gasteiger charge is -2.06. The van der Waals surface area contributed by atoms with Crippen LogP contribution in [0.25, 0.3) is 0 Å². The number of hydrazine groups is 1. The second-order valence-corrected chi connectivity index (χ2v) is 4.25. The molecule has 5 heteroatoms. The summed E-state index contributed by atoms with van der Waals surface area (Å²) in [7, 11) is 0. The smallest absolute Gasteiger partial charge is 0.140 e. The minimum absolute atomic E-state index is 0.514. The van der Waals surface area contributed by atoms with Crippen molar-refractivity contribution in [3.63, 3.8) is 0 Å². The van der Waals surface area contributed by atoms with E-state index in [0.29, 0.717) is 19.0 Å². The molecule has 3 N–H and O–H groups in total. The first kappa shape index (κ1) is 12.8. The molecule has 4 nitrogen and oxygen atoms in total. The molecule has 0 bridgehead atoms. The molecule has 0 aliphatic heterocycles. The third-order valence-electron chi connectivity index (χ3n) is 2.42. The molecule has 0 amide bonds. The summed E-state index contributed by atoms with van der Waals surface area (Å²) in [4.78, 5) is 4.03. The van der Waals surface area contributed by atoms with Crippen molar-refractivity contribution in [3.8, 4) is 0 Å². The van der Waals surface area contributed by atoms with Gasteiger partial charge in [0, 0.05) is 11.2 Å². The Hall–Kier alpha value is -1.62. The molecule has 1 aromatic heterocycles. The van der Waals surface area contributed by atoms with Gasteiger partial charge in [-0.1, -0.05) is 23.7 Å². The van der Waals surface area contributed by atoms with Crippen LogP contribution in [0.3, 0.4) is 0 Å². The number of nitrogens with two attached hydrogens (primary N) is 1. The molecular formula is C13H14ClN3O. The molecule has 0 aliphatic carbocycles. The van der Waals surface area contributed by atoms with Crippen molar-refractivity contribution >= 4 is 17.4 Å². The van der Waals surface area contributed by atoms with Gasteiger partial charge in [-0.2, -0.15) is 0 Å². The second-order valence-electron chi connectivity index (χ2n) is 3.81. The fourth-order valence-electron chi connectivity index (χ4n) is 1.51. The number of nitrogens with one attached hydrogen (secondary N) is 1. The Balaban J connectivity index is 1.86. The van der Waals surface area contributed by atoms with Crippen LogP contribution in [-0.2, 0) is 18.0 Å². The van der Waals surface area contributed by atoms with Gasteiger partial charge in [-0.3, -0.25) is 0 Å². The number of hydrogen-bond acceptors (Lipinski definition) is 4. The summed E-state index contributed by atoms with van der Waals surface area (Å²) in [6.45, 7) is 1.06. The average Bonchev–Trinajstić information content (AvgIpc) is 2.41. The minimum atomic E-state index is 0.514. The number of nitrogens with zero attached hydrogens (tertiary/aromatic N) is 1. The SMILES string of the molecule is NNc1cc(COCc2ccc(Cl)cc2)ccn1. The molecule has 0 atom stereocenters. The van der Waals surface area contributed by atoms with E-state index in [2.05, 4.69) is 10.4 Å². The van der Waals surface area contributed by atoms with Gasteiger partial charge in [-0.25, -0.2) is 10.8 Å². The monoisotopic (exact) mass is 263 g/mol. The standard InChI is InChI=1S/C13H14ClN3O/c14-12-3-1-10(2-4-12)8-18-9-11-5-6-16-13(7-11)17-15/h1-7H,8-9,15H2,(H,16,17). The van der Waals surface area contributed by atoms with Crippen LogP contribution in [0.4, 0.5) is 5.82 Å². The zero-order valence-electron chi connectivity index (χ0n) is 9.77. The number of nitrogen functional groups attached to an aromatic ring is 1. The fourth-order valence-corrected chi connectivity index (χ4v) is 1.64. The molecule has 0 unspecified atom stereocenters. The molecule has 0 fully saturated rings. The van der Waals surface area contributed by atoms with Crippen LogP contribution in [0.15, 0.2) is 42.6 Å². The van der Waals surface area contributed by atoms with Gasteiger partial charge < -0.3 is 10.2 Å². The predicted octanol–water partition coefficient (Wildman–Crippen LogP) is 2.74. The maximum atomic E-state index is 5.81. The van der Waals surface area contributed by atoms with Crippen molar-refractivity contribution in [3.05, 3.63) is 58.7 Å². The molecule has 1 heterocycles. The van der Waals surface area contributed by atoms with Gasteiger partial charge in [0.1, 0.15) is 5.82 Å². The zero-order valence-corrected chi connectivity index (χ0v) is 10.5. The number of rotatable bonds is 5. The molecule has 18 heavy (non-hydrogen) atoms. The lowest BCUT2D eigenvalue weighted by atomic mass is 10.2. The number of pyridine rings is 1. The number of aromatic nitrogens is 1. The van der Waals surface area contributed by atoms with Gasteiger partial charge in [-0.05, 0) is 35.4 Å². The Kier molecular flexibility index (Phi) is 4.52. The Morgan fingerprint density at radius 1 is 1.11 bits per heavy atom. The zero-order chi connectivity index (χ0) is 12.8. The van der Waals surface area contributed by atoms with Crippen LogP contribution >= 0.6 is 11.6 Å². The summed E-state index contributed by atoms with van der Waals surface area (Å²) in [6.07, 6.45) is 1.69. The maximum absolute atomic E-state index is 5.81. The molecule has 94 valence electrons. The molecule has 2 rings (SSSR count). The topological polar surface area (TPSA) is 60.2 Å². The van der Waals surface area contributed by atoms with E-state index >= 15 is 0 Å². The highest BCUT2D eigenvalue weighted by atomic mass is 35.5. The summed E-state index contributed by atoms with van der Waals surface area (Å²) in [5, 5.41) is 0.728. The Morgan fingerprint density at radius 2 is 1.83 bits per heavy atom. The average molecular weight is 264 g/mol. The molecule has 1 aromatic carbocycles. The predicted molar refractivity (Wildman–Crippen MR) is 72.0 cm³/mol. The highest BCUT2D eigenvalue weighted by Gasteiger charge is 1.97. The Bertz CT molecular complexity index is 502. The van der Waals surface area contributed by atoms with E-state index in [1.807, 2.05) is 36.4 Å². The normalized spacial score (nSPS) is 10.3. The number of anilines is 1. The molecule has 0 aliphatic rings. The van der Waals surface area contributed by atoms with Crippen LogP contribution in [-0.4, -0.2) is 4.98 Å². The first-order valence-electron chi connectivity index (χ1n) is 5.51. The summed E-state index contributed by atoms with van der Waals surface area (Å²) in [5.41, 5.74) is 4.61. The fraction of sp³-hybridized carbons (Fsp3) is 0.154. The van der Waals surface area contributed by atoms with Crippen LogP contribution < -0.4 is 11.3 Å². The van der Waals surface area contributed by atoms with E-state index in [1.54, 1.807) is 6.20 Å². The first-order valence-corrected chi connectivity index (χ1v) is 5.89. The highest BCUT2D eigenvalue weighted by molar-refractivity contribution is 6.30. The third kappa shape index (κ3) is 3.70. The van der Waals surface area contributed by atoms with Crippen molar-refractivity contribution < 1.29 is 4.74 Å². The van der Waals surface area contributed by atoms with Gasteiger partial charge in [0.2, 0.25) is 0 Å². The summed E-state index contributed by atoms with van der Waals surface area (Å²) >= 11 is 5.81. The van der Waals surface area contributed by atoms with Crippen LogP contribution in [0, 0.1) is 0 Å². The van der Waals surface area contributed by atoms with Crippen molar-refractivity contribution in [1.29, 1.82) is 0 Å². The number of benzene rings is 1. The largest absolute Gasteiger partial charge is 0.372 e. The Morgan fingerprint density at radius 3 is 2.56 bits per heavy atom. The maximum Gasteiger partial charge on any atom is 0.140 e. The van der Waals surface area contributed by atoms with E-state index in [1.165, 1.54) is 0 Å². The van der Waals surface area contributed by atoms with Gasteiger partial charge in [0.05, 0.1) is 13.2 Å². The van der Waals surface area contributed by atoms with Gasteiger partial charge in [-0.15, -0.1) is 0 Å². The van der Waals surface area contributed by atoms with Crippen molar-refractivity contribution in [2.75, 3.05) is 5.43 Å². The van der Waals surface area contributed by atoms with E-state index in [-0.39, 0.29) is 0 Å². The van der Waals surface area contributed by atoms with E-state index < -0.39 is 0 Å². The van der Waals surface area contributed by atoms with Crippen LogP contribution in [0.2, 0.25) is 5.02 Å². The lowest BCUT2D eigenvalue weighted by Crippen LogP contribution is -2.08.